The minimum atomic E-state index is -0.435. The number of aromatic nitrogens is 3. The fourth-order valence-corrected chi connectivity index (χ4v) is 3.59. The fraction of sp³-hybridized carbons (Fsp3) is 0.158. The average Bonchev–Trinajstić information content (AvgIpc) is 3.33. The van der Waals surface area contributed by atoms with Gasteiger partial charge in [0.05, 0.1) is 17.3 Å². The molecule has 0 aliphatic carbocycles. The van der Waals surface area contributed by atoms with E-state index in [0.717, 1.165) is 10.2 Å². The number of rotatable bonds is 4. The molecule has 1 atom stereocenters. The normalized spacial score (nSPS) is 16.6. The smallest absolute Gasteiger partial charge is 0.229 e. The van der Waals surface area contributed by atoms with Crippen molar-refractivity contribution in [3.05, 3.63) is 65.5 Å². The lowest BCUT2D eigenvalue weighted by Crippen LogP contribution is -2.28. The second kappa shape index (κ2) is 7.32. The number of halogens is 1. The lowest BCUT2D eigenvalue weighted by molar-refractivity contribution is -0.122. The van der Waals surface area contributed by atoms with Crippen LogP contribution in [0.3, 0.4) is 0 Å². The zero-order chi connectivity index (χ0) is 18.8. The largest absolute Gasteiger partial charge is 0.323 e. The zero-order valence-electron chi connectivity index (χ0n) is 14.2. The Balaban J connectivity index is 1.52. The molecule has 27 heavy (non-hydrogen) atoms. The van der Waals surface area contributed by atoms with Gasteiger partial charge in [0.25, 0.3) is 0 Å². The lowest BCUT2D eigenvalue weighted by atomic mass is 10.1. The zero-order valence-corrected chi connectivity index (χ0v) is 15.8. The summed E-state index contributed by atoms with van der Waals surface area (Å²) < 4.78 is 2.41. The van der Waals surface area contributed by atoms with Crippen molar-refractivity contribution in [1.29, 1.82) is 0 Å². The second-order valence-corrected chi connectivity index (χ2v) is 7.03. The molecule has 136 valence electrons. The summed E-state index contributed by atoms with van der Waals surface area (Å²) in [5.74, 6) is -0.182. The highest BCUT2D eigenvalue weighted by molar-refractivity contribution is 9.10. The summed E-state index contributed by atoms with van der Waals surface area (Å²) in [5.41, 5.74) is 1.33. The van der Waals surface area contributed by atoms with Crippen molar-refractivity contribution in [2.45, 2.75) is 6.42 Å². The second-order valence-electron chi connectivity index (χ2n) is 6.17. The monoisotopic (exact) mass is 425 g/mol. The standard InChI is InChI=1S/C19H16BrN5O2/c20-14-5-1-2-7-16(14)24-12-13(11-17(24)26)19(27)23-15-6-3-8-21-18(15)25-10-4-9-22-25/h1-10,13H,11-12H2,(H,23,27). The summed E-state index contributed by atoms with van der Waals surface area (Å²) in [6.07, 6.45) is 5.21. The van der Waals surface area contributed by atoms with Crippen molar-refractivity contribution in [3.8, 4) is 5.82 Å². The van der Waals surface area contributed by atoms with Crippen molar-refractivity contribution >= 4 is 39.1 Å². The summed E-state index contributed by atoms with van der Waals surface area (Å²) in [5, 5.41) is 7.06. The summed E-state index contributed by atoms with van der Waals surface area (Å²) in [6, 6.07) is 12.8. The molecule has 1 aromatic carbocycles. The molecule has 1 unspecified atom stereocenters. The van der Waals surface area contributed by atoms with Crippen LogP contribution in [-0.4, -0.2) is 33.1 Å². The SMILES string of the molecule is O=C(Nc1cccnc1-n1cccn1)C1CC(=O)N(c2ccccc2Br)C1. The third-order valence-electron chi connectivity index (χ3n) is 4.41. The molecule has 4 rings (SSSR count). The number of amides is 2. The van der Waals surface area contributed by atoms with Gasteiger partial charge in [0.15, 0.2) is 5.82 Å². The van der Waals surface area contributed by atoms with E-state index in [9.17, 15) is 9.59 Å². The number of carbonyl (C=O) groups excluding carboxylic acids is 2. The van der Waals surface area contributed by atoms with E-state index < -0.39 is 5.92 Å². The molecule has 1 aliphatic rings. The Kier molecular flexibility index (Phi) is 4.72. The Morgan fingerprint density at radius 1 is 1.15 bits per heavy atom. The van der Waals surface area contributed by atoms with Gasteiger partial charge in [-0.2, -0.15) is 5.10 Å². The summed E-state index contributed by atoms with van der Waals surface area (Å²) in [4.78, 5) is 31.2. The van der Waals surface area contributed by atoms with Crippen LogP contribution in [0.5, 0.6) is 0 Å². The number of carbonyl (C=O) groups is 2. The van der Waals surface area contributed by atoms with Crippen LogP contribution in [0.15, 0.2) is 65.5 Å². The summed E-state index contributed by atoms with van der Waals surface area (Å²) >= 11 is 3.46. The molecule has 0 radical (unpaired) electrons. The summed E-state index contributed by atoms with van der Waals surface area (Å²) in [7, 11) is 0. The number of para-hydroxylation sites is 1. The van der Waals surface area contributed by atoms with Crippen LogP contribution in [0.4, 0.5) is 11.4 Å². The molecule has 1 saturated heterocycles. The highest BCUT2D eigenvalue weighted by Crippen LogP contribution is 2.31. The van der Waals surface area contributed by atoms with E-state index in [4.69, 9.17) is 0 Å². The first kappa shape index (κ1) is 17.4. The molecule has 3 heterocycles. The van der Waals surface area contributed by atoms with E-state index in [-0.39, 0.29) is 18.2 Å². The van der Waals surface area contributed by atoms with Crippen LogP contribution < -0.4 is 10.2 Å². The number of nitrogens with zero attached hydrogens (tertiary/aromatic N) is 4. The van der Waals surface area contributed by atoms with Gasteiger partial charge in [-0.05, 0) is 46.3 Å². The molecular weight excluding hydrogens is 410 g/mol. The fourth-order valence-electron chi connectivity index (χ4n) is 3.09. The van der Waals surface area contributed by atoms with Gasteiger partial charge in [0.1, 0.15) is 0 Å². The van der Waals surface area contributed by atoms with Gasteiger partial charge >= 0.3 is 0 Å². The molecule has 0 bridgehead atoms. The number of anilines is 2. The van der Waals surface area contributed by atoms with E-state index in [1.165, 1.54) is 0 Å². The van der Waals surface area contributed by atoms with Crippen LogP contribution in [0.2, 0.25) is 0 Å². The highest BCUT2D eigenvalue weighted by atomic mass is 79.9. The highest BCUT2D eigenvalue weighted by Gasteiger charge is 2.36. The third-order valence-corrected chi connectivity index (χ3v) is 5.08. The van der Waals surface area contributed by atoms with Crippen molar-refractivity contribution in [3.63, 3.8) is 0 Å². The molecule has 0 spiro atoms. The van der Waals surface area contributed by atoms with E-state index in [1.807, 2.05) is 24.3 Å². The molecule has 2 amide bonds. The molecule has 1 aliphatic heterocycles. The van der Waals surface area contributed by atoms with Crippen molar-refractivity contribution < 1.29 is 9.59 Å². The molecular formula is C19H16BrN5O2. The van der Waals surface area contributed by atoms with Crippen LogP contribution in [-0.2, 0) is 9.59 Å². The Bertz CT molecular complexity index is 989. The average molecular weight is 426 g/mol. The number of hydrogen-bond acceptors (Lipinski definition) is 4. The van der Waals surface area contributed by atoms with Crippen LogP contribution in [0, 0.1) is 5.92 Å². The van der Waals surface area contributed by atoms with Gasteiger partial charge in [0.2, 0.25) is 11.8 Å². The Morgan fingerprint density at radius 2 is 2.00 bits per heavy atom. The van der Waals surface area contributed by atoms with Gasteiger partial charge in [-0.3, -0.25) is 9.59 Å². The van der Waals surface area contributed by atoms with Gasteiger partial charge in [-0.15, -0.1) is 0 Å². The molecule has 1 fully saturated rings. The van der Waals surface area contributed by atoms with Crippen LogP contribution >= 0.6 is 15.9 Å². The third kappa shape index (κ3) is 3.48. The van der Waals surface area contributed by atoms with Crippen LogP contribution in [0.1, 0.15) is 6.42 Å². The quantitative estimate of drug-likeness (QED) is 0.696. The Hall–Kier alpha value is -3.00. The number of pyridine rings is 1. The predicted molar refractivity (Wildman–Crippen MR) is 105 cm³/mol. The van der Waals surface area contributed by atoms with E-state index >= 15 is 0 Å². The first-order valence-electron chi connectivity index (χ1n) is 8.44. The topological polar surface area (TPSA) is 80.1 Å². The van der Waals surface area contributed by atoms with Gasteiger partial charge in [-0.25, -0.2) is 9.67 Å². The van der Waals surface area contributed by atoms with Gasteiger partial charge in [0, 0.05) is 36.0 Å². The molecule has 0 saturated carbocycles. The molecule has 7 nitrogen and oxygen atoms in total. The number of nitrogens with one attached hydrogen (secondary N) is 1. The first-order valence-corrected chi connectivity index (χ1v) is 9.23. The molecule has 2 aromatic heterocycles. The van der Waals surface area contributed by atoms with E-state index in [1.54, 1.807) is 46.4 Å². The molecule has 1 N–H and O–H groups in total. The van der Waals surface area contributed by atoms with E-state index in [0.29, 0.717) is 18.1 Å². The minimum absolute atomic E-state index is 0.0689. The van der Waals surface area contributed by atoms with Crippen molar-refractivity contribution in [2.75, 3.05) is 16.8 Å². The van der Waals surface area contributed by atoms with Crippen molar-refractivity contribution in [2.24, 2.45) is 5.92 Å². The Morgan fingerprint density at radius 3 is 2.78 bits per heavy atom. The minimum Gasteiger partial charge on any atom is -0.323 e. The van der Waals surface area contributed by atoms with Gasteiger partial charge in [-0.1, -0.05) is 12.1 Å². The maximum Gasteiger partial charge on any atom is 0.229 e. The maximum absolute atomic E-state index is 12.8. The molecule has 8 heteroatoms. The maximum atomic E-state index is 12.8. The Labute approximate surface area is 164 Å². The predicted octanol–water partition coefficient (Wildman–Crippen LogP) is 3.02. The van der Waals surface area contributed by atoms with Gasteiger partial charge < -0.3 is 10.2 Å². The lowest BCUT2D eigenvalue weighted by Gasteiger charge is -2.18. The molecule has 3 aromatic rings. The summed E-state index contributed by atoms with van der Waals surface area (Å²) in [6.45, 7) is 0.338. The van der Waals surface area contributed by atoms with Crippen molar-refractivity contribution in [1.82, 2.24) is 14.8 Å². The van der Waals surface area contributed by atoms with Crippen LogP contribution in [0.25, 0.3) is 5.82 Å². The van der Waals surface area contributed by atoms with E-state index in [2.05, 4.69) is 31.3 Å². The number of benzene rings is 1. The number of hydrogen-bond donors (Lipinski definition) is 1. The first-order chi connectivity index (χ1) is 13.1.